The molecule has 0 N–H and O–H groups in total. The summed E-state index contributed by atoms with van der Waals surface area (Å²) >= 11 is 1.43. The second-order valence-electron chi connectivity index (χ2n) is 6.73. The zero-order valence-corrected chi connectivity index (χ0v) is 16.3. The van der Waals surface area contributed by atoms with Gasteiger partial charge in [0.25, 0.3) is 11.5 Å². The first-order valence-electron chi connectivity index (χ1n) is 9.12. The molecule has 0 unspecified atom stereocenters. The predicted molar refractivity (Wildman–Crippen MR) is 105 cm³/mol. The van der Waals surface area contributed by atoms with E-state index in [2.05, 4.69) is 4.98 Å². The Balaban J connectivity index is 1.63. The van der Waals surface area contributed by atoms with Gasteiger partial charge in [-0.1, -0.05) is 12.1 Å². The molecule has 2 aromatic heterocycles. The molecule has 0 radical (unpaired) electrons. The lowest BCUT2D eigenvalue weighted by molar-refractivity contribution is 0.0732. The second kappa shape index (κ2) is 7.81. The first-order chi connectivity index (χ1) is 13.6. The van der Waals surface area contributed by atoms with Crippen LogP contribution in [0.1, 0.15) is 27.2 Å². The van der Waals surface area contributed by atoms with E-state index >= 15 is 0 Å². The molecular formula is C20H20FN3O3S. The van der Waals surface area contributed by atoms with Gasteiger partial charge < -0.3 is 9.64 Å². The van der Waals surface area contributed by atoms with Crippen molar-refractivity contribution in [1.82, 2.24) is 14.5 Å². The van der Waals surface area contributed by atoms with Crippen molar-refractivity contribution in [3.63, 3.8) is 0 Å². The molecular weight excluding hydrogens is 381 g/mol. The molecule has 28 heavy (non-hydrogen) atoms. The number of carbonyl (C=O) groups is 1. The third-order valence-corrected chi connectivity index (χ3v) is 6.09. The molecule has 0 aliphatic carbocycles. The molecule has 0 spiro atoms. The average Bonchev–Trinajstić information content (AvgIpc) is 3.08. The minimum atomic E-state index is -0.518. The van der Waals surface area contributed by atoms with Crippen LogP contribution in [0, 0.1) is 5.82 Å². The Labute approximate surface area is 165 Å². The number of amides is 1. The van der Waals surface area contributed by atoms with Crippen LogP contribution in [0.15, 0.2) is 35.4 Å². The Kier molecular flexibility index (Phi) is 5.23. The maximum Gasteiger partial charge on any atom is 0.262 e. The van der Waals surface area contributed by atoms with Gasteiger partial charge in [0.1, 0.15) is 10.6 Å². The number of aryl methyl sites for hydroxylation is 1. The summed E-state index contributed by atoms with van der Waals surface area (Å²) in [6.45, 7) is 1.95. The monoisotopic (exact) mass is 401 g/mol. The van der Waals surface area contributed by atoms with Gasteiger partial charge in [0.2, 0.25) is 0 Å². The van der Waals surface area contributed by atoms with Crippen LogP contribution in [0.5, 0.6) is 0 Å². The second-order valence-corrected chi connectivity index (χ2v) is 7.81. The topological polar surface area (TPSA) is 64.4 Å². The van der Waals surface area contributed by atoms with Gasteiger partial charge in [0.15, 0.2) is 0 Å². The molecule has 4 rings (SSSR count). The van der Waals surface area contributed by atoms with Crippen LogP contribution in [0.3, 0.4) is 0 Å². The van der Waals surface area contributed by atoms with Crippen LogP contribution in [-0.4, -0.2) is 40.6 Å². The van der Waals surface area contributed by atoms with Crippen LogP contribution in [-0.2, 0) is 24.2 Å². The number of thiophene rings is 1. The summed E-state index contributed by atoms with van der Waals surface area (Å²) < 4.78 is 20.6. The molecule has 6 nitrogen and oxygen atoms in total. The lowest BCUT2D eigenvalue weighted by Gasteiger charge is -2.27. The molecule has 0 fully saturated rings. The predicted octanol–water partition coefficient (Wildman–Crippen LogP) is 2.83. The summed E-state index contributed by atoms with van der Waals surface area (Å²) in [6, 6.07) is 6.01. The Morgan fingerprint density at radius 2 is 2.18 bits per heavy atom. The standard InChI is InChI=1S/C20H20FN3O3S/c1-27-10-4-8-24-12-22-18-17(20(24)26)14-7-9-23(11-16(14)28-18)19(25)13-5-2-3-6-15(13)21/h2-3,5-6,12H,4,7-11H2,1H3. The molecule has 8 heteroatoms. The fourth-order valence-electron chi connectivity index (χ4n) is 3.54. The maximum atomic E-state index is 14.0. The van der Waals surface area contributed by atoms with Crippen molar-refractivity contribution in [3.05, 3.63) is 62.8 Å². The zero-order valence-electron chi connectivity index (χ0n) is 15.5. The van der Waals surface area contributed by atoms with Gasteiger partial charge in [-0.05, 0) is 30.5 Å². The number of fused-ring (bicyclic) bond motifs is 3. The highest BCUT2D eigenvalue weighted by atomic mass is 32.1. The number of benzene rings is 1. The maximum absolute atomic E-state index is 14.0. The van der Waals surface area contributed by atoms with E-state index in [1.54, 1.807) is 35.0 Å². The van der Waals surface area contributed by atoms with E-state index < -0.39 is 5.82 Å². The summed E-state index contributed by atoms with van der Waals surface area (Å²) in [7, 11) is 1.63. The van der Waals surface area contributed by atoms with E-state index in [0.717, 1.165) is 16.9 Å². The van der Waals surface area contributed by atoms with Crippen molar-refractivity contribution in [2.24, 2.45) is 0 Å². The van der Waals surface area contributed by atoms with Gasteiger partial charge in [-0.2, -0.15) is 0 Å². The van der Waals surface area contributed by atoms with Crippen LogP contribution in [0.25, 0.3) is 10.2 Å². The molecule has 1 amide bonds. The molecule has 0 saturated heterocycles. The van der Waals surface area contributed by atoms with Gasteiger partial charge in [-0.25, -0.2) is 9.37 Å². The number of nitrogens with zero attached hydrogens (tertiary/aromatic N) is 3. The SMILES string of the molecule is COCCCn1cnc2sc3c(c2c1=O)CCN(C(=O)c1ccccc1F)C3. The number of halogens is 1. The first kappa shape index (κ1) is 18.8. The van der Waals surface area contributed by atoms with Crippen molar-refractivity contribution in [2.75, 3.05) is 20.3 Å². The number of hydrogen-bond acceptors (Lipinski definition) is 5. The van der Waals surface area contributed by atoms with E-state index in [1.807, 2.05) is 0 Å². The average molecular weight is 401 g/mol. The van der Waals surface area contributed by atoms with Crippen LogP contribution >= 0.6 is 11.3 Å². The summed E-state index contributed by atoms with van der Waals surface area (Å²) in [5.41, 5.74) is 0.995. The highest BCUT2D eigenvalue weighted by Crippen LogP contribution is 2.32. The van der Waals surface area contributed by atoms with Gasteiger partial charge >= 0.3 is 0 Å². The van der Waals surface area contributed by atoms with Gasteiger partial charge in [-0.3, -0.25) is 14.2 Å². The molecule has 3 heterocycles. The summed E-state index contributed by atoms with van der Waals surface area (Å²) in [4.78, 5) is 33.3. The smallest absolute Gasteiger partial charge is 0.262 e. The molecule has 1 aromatic carbocycles. The van der Waals surface area contributed by atoms with Gasteiger partial charge in [-0.15, -0.1) is 11.3 Å². The number of aromatic nitrogens is 2. The molecule has 0 bridgehead atoms. The van der Waals surface area contributed by atoms with Crippen LogP contribution < -0.4 is 5.56 Å². The Morgan fingerprint density at radius 3 is 2.96 bits per heavy atom. The van der Waals surface area contributed by atoms with Crippen molar-refractivity contribution in [3.8, 4) is 0 Å². The summed E-state index contributed by atoms with van der Waals surface area (Å²) in [6.07, 6.45) is 2.87. The number of rotatable bonds is 5. The highest BCUT2D eigenvalue weighted by Gasteiger charge is 2.28. The molecule has 0 saturated carbocycles. The van der Waals surface area contributed by atoms with Crippen LogP contribution in [0.2, 0.25) is 0 Å². The number of carbonyl (C=O) groups excluding carboxylic acids is 1. The van der Waals surface area contributed by atoms with Crippen molar-refractivity contribution in [1.29, 1.82) is 0 Å². The van der Waals surface area contributed by atoms with Crippen LogP contribution in [0.4, 0.5) is 4.39 Å². The fraction of sp³-hybridized carbons (Fsp3) is 0.350. The van der Waals surface area contributed by atoms with E-state index in [4.69, 9.17) is 4.74 Å². The van der Waals surface area contributed by atoms with E-state index in [9.17, 15) is 14.0 Å². The van der Waals surface area contributed by atoms with E-state index in [1.165, 1.54) is 23.5 Å². The molecule has 1 aliphatic rings. The summed E-state index contributed by atoms with van der Waals surface area (Å²) in [5.74, 6) is -0.846. The first-order valence-corrected chi connectivity index (χ1v) is 9.94. The normalized spacial score (nSPS) is 13.7. The minimum Gasteiger partial charge on any atom is -0.385 e. The quantitative estimate of drug-likeness (QED) is 0.617. The lowest BCUT2D eigenvalue weighted by Crippen LogP contribution is -2.36. The Hall–Kier alpha value is -2.58. The van der Waals surface area contributed by atoms with Gasteiger partial charge in [0.05, 0.1) is 23.8 Å². The van der Waals surface area contributed by atoms with Gasteiger partial charge in [0, 0.05) is 31.7 Å². The van der Waals surface area contributed by atoms with Crippen molar-refractivity contribution < 1.29 is 13.9 Å². The number of methoxy groups -OCH3 is 1. The lowest BCUT2D eigenvalue weighted by atomic mass is 10.0. The highest BCUT2D eigenvalue weighted by molar-refractivity contribution is 7.18. The Bertz CT molecular complexity index is 1090. The third-order valence-electron chi connectivity index (χ3n) is 4.97. The molecule has 3 aromatic rings. The van der Waals surface area contributed by atoms with E-state index in [-0.39, 0.29) is 17.0 Å². The largest absolute Gasteiger partial charge is 0.385 e. The molecule has 1 aliphatic heterocycles. The number of ether oxygens (including phenoxy) is 1. The summed E-state index contributed by atoms with van der Waals surface area (Å²) in [5, 5.41) is 0.651. The third kappa shape index (κ3) is 3.33. The fourth-order valence-corrected chi connectivity index (χ4v) is 4.73. The Morgan fingerprint density at radius 1 is 1.36 bits per heavy atom. The van der Waals surface area contributed by atoms with Crippen molar-refractivity contribution in [2.45, 2.75) is 25.9 Å². The minimum absolute atomic E-state index is 0.0486. The molecule has 146 valence electrons. The van der Waals surface area contributed by atoms with E-state index in [0.29, 0.717) is 42.9 Å². The van der Waals surface area contributed by atoms with Crippen molar-refractivity contribution >= 4 is 27.5 Å². The zero-order chi connectivity index (χ0) is 19.7. The number of hydrogen-bond donors (Lipinski definition) is 0. The molecule has 0 atom stereocenters.